The number of hydrogen-bond donors (Lipinski definition) is 0. The van der Waals surface area contributed by atoms with Crippen LogP contribution in [0.15, 0.2) is 0 Å². The van der Waals surface area contributed by atoms with Crippen LogP contribution < -0.4 is 0 Å². The van der Waals surface area contributed by atoms with Gasteiger partial charge in [0.15, 0.2) is 0 Å². The van der Waals surface area contributed by atoms with Crippen molar-refractivity contribution in [2.75, 3.05) is 0 Å². The van der Waals surface area contributed by atoms with E-state index in [1.807, 2.05) is 20.8 Å². The number of rotatable bonds is 9. The molecule has 0 aromatic carbocycles. The Hall–Kier alpha value is 3.19. The fourth-order valence-corrected chi connectivity index (χ4v) is 3.82. The third kappa shape index (κ3) is 10.6. The summed E-state index contributed by atoms with van der Waals surface area (Å²) in [7, 11) is -1.51. The monoisotopic (exact) mass is 676 g/mol. The molecule has 0 bridgehead atoms. The Morgan fingerprint density at radius 2 is 0.789 bits per heavy atom. The van der Waals surface area contributed by atoms with Crippen LogP contribution in [0.1, 0.15) is 20.8 Å². The molecule has 0 saturated carbocycles. The Morgan fingerprint density at radius 1 is 0.579 bits per heavy atom. The van der Waals surface area contributed by atoms with Crippen molar-refractivity contribution in [2.45, 2.75) is 50.3 Å². The Balaban J connectivity index is 4.54. The lowest BCUT2D eigenvalue weighted by Crippen LogP contribution is -2.20. The number of alkyl halides is 6. The molecule has 0 aliphatic carbocycles. The predicted molar refractivity (Wildman–Crippen MR) is 103 cm³/mol. The van der Waals surface area contributed by atoms with Crippen LogP contribution in [0.2, 0.25) is 0 Å². The van der Waals surface area contributed by atoms with Crippen molar-refractivity contribution in [3.8, 4) is 0 Å². The largest absolute Gasteiger partial charge is 0.336 e. The first kappa shape index (κ1) is 22.2. The van der Waals surface area contributed by atoms with Gasteiger partial charge in [0.1, 0.15) is 15.0 Å². The van der Waals surface area contributed by atoms with Crippen LogP contribution in [-0.2, 0) is 13.6 Å². The quantitative estimate of drug-likeness (QED) is 0.199. The minimum atomic E-state index is -1.51. The van der Waals surface area contributed by atoms with Gasteiger partial charge < -0.3 is 0 Å². The van der Waals surface area contributed by atoms with E-state index < -0.39 is 8.60 Å². The van der Waals surface area contributed by atoms with Crippen LogP contribution in [0.5, 0.6) is 0 Å². The fourth-order valence-electron chi connectivity index (χ4n) is 0.573. The zero-order chi connectivity index (χ0) is 15.2. The summed E-state index contributed by atoms with van der Waals surface area (Å²) in [4.78, 5) is 0.403. The summed E-state index contributed by atoms with van der Waals surface area (Å²) in [6, 6.07) is 0. The Bertz CT molecular complexity index is 208. The molecule has 0 radical (unpaired) electrons. The van der Waals surface area contributed by atoms with Gasteiger partial charge in [-0.3, -0.25) is 13.6 Å². The molecule has 0 fully saturated rings. The average Bonchev–Trinajstić information content (AvgIpc) is 2.27. The van der Waals surface area contributed by atoms with Crippen molar-refractivity contribution in [2.24, 2.45) is 0 Å². The summed E-state index contributed by atoms with van der Waals surface area (Å²) < 4.78 is 17.2. The van der Waals surface area contributed by atoms with E-state index in [2.05, 4.69) is 95.6 Å². The van der Waals surface area contributed by atoms with Gasteiger partial charge in [-0.05, 0) is 20.8 Å². The van der Waals surface area contributed by atoms with Gasteiger partial charge in [-0.1, -0.05) is 95.6 Å². The molecule has 0 aliphatic rings. The van der Waals surface area contributed by atoms with Gasteiger partial charge in [0.25, 0.3) is 0 Å². The molecule has 0 rings (SSSR count). The van der Waals surface area contributed by atoms with Gasteiger partial charge in [-0.25, -0.2) is 0 Å². The van der Waals surface area contributed by atoms with Gasteiger partial charge in [0, 0.05) is 14.5 Å². The Morgan fingerprint density at radius 3 is 0.947 bits per heavy atom. The molecule has 0 N–H and O–H groups in total. The van der Waals surface area contributed by atoms with Crippen molar-refractivity contribution in [1.29, 1.82) is 0 Å². The fraction of sp³-hybridized carbons (Fsp3) is 1.00. The van der Waals surface area contributed by atoms with Crippen molar-refractivity contribution < 1.29 is 13.6 Å². The van der Waals surface area contributed by atoms with Gasteiger partial charge in [0.05, 0.1) is 0 Å². The third-order valence-corrected chi connectivity index (χ3v) is 10.2. The maximum Gasteiger partial charge on any atom is 0.336 e. The van der Waals surface area contributed by atoms with E-state index in [9.17, 15) is 0 Å². The number of halogens is 6. The molecule has 10 heteroatoms. The highest BCUT2D eigenvalue weighted by atomic mass is 79.9. The Kier molecular flexibility index (Phi) is 13.6. The van der Waals surface area contributed by atoms with E-state index in [0.717, 1.165) is 0 Å². The van der Waals surface area contributed by atoms with Crippen LogP contribution in [0.3, 0.4) is 0 Å². The van der Waals surface area contributed by atoms with E-state index >= 15 is 0 Å². The molecule has 0 aromatic rings. The number of hydrogen-bond acceptors (Lipinski definition) is 3. The maximum atomic E-state index is 5.74. The topological polar surface area (TPSA) is 27.7 Å². The summed E-state index contributed by atoms with van der Waals surface area (Å²) in [6.07, 6.45) is 0. The van der Waals surface area contributed by atoms with Gasteiger partial charge in [-0.15, -0.1) is 0 Å². The minimum absolute atomic E-state index is 0.134. The first-order valence-corrected chi connectivity index (χ1v) is 11.9. The first-order valence-electron chi connectivity index (χ1n) is 5.30. The summed E-state index contributed by atoms with van der Waals surface area (Å²) in [5, 5.41) is -0.599. The first-order chi connectivity index (χ1) is 8.65. The van der Waals surface area contributed by atoms with Gasteiger partial charge >= 0.3 is 8.60 Å². The van der Waals surface area contributed by atoms with Crippen LogP contribution >= 0.6 is 104 Å². The molecule has 6 unspecified atom stereocenters. The summed E-state index contributed by atoms with van der Waals surface area (Å²) in [5.41, 5.74) is 0. The van der Waals surface area contributed by atoms with Crippen molar-refractivity contribution in [3.05, 3.63) is 0 Å². The minimum Gasteiger partial charge on any atom is -0.296 e. The molecule has 0 heterocycles. The molecule has 6 atom stereocenters. The standard InChI is InChI=1S/C9H15Br6O3P/c1-4(10)7(13)16-19(17-8(14)5(2)11)18-9(15)6(3)12/h4-9H,1-3H3. The summed E-state index contributed by atoms with van der Waals surface area (Å²) in [6.45, 7) is 5.93. The summed E-state index contributed by atoms with van der Waals surface area (Å²) in [5.74, 6) is 0. The van der Waals surface area contributed by atoms with Gasteiger partial charge in [0.2, 0.25) is 0 Å². The smallest absolute Gasteiger partial charge is 0.296 e. The zero-order valence-corrected chi connectivity index (χ0v) is 20.8. The highest BCUT2D eigenvalue weighted by Gasteiger charge is 2.28. The molecule has 116 valence electrons. The van der Waals surface area contributed by atoms with Crippen LogP contribution in [0.4, 0.5) is 0 Å². The van der Waals surface area contributed by atoms with Crippen molar-refractivity contribution in [3.63, 3.8) is 0 Å². The predicted octanol–water partition coefficient (Wildman–Crippen LogP) is 6.78. The molecular formula is C9H15Br6O3P. The van der Waals surface area contributed by atoms with Crippen LogP contribution in [0.25, 0.3) is 0 Å². The SMILES string of the molecule is CC(Br)C(Br)OP(OC(Br)C(C)Br)OC(Br)C(C)Br. The second-order valence-corrected chi connectivity index (χ2v) is 11.7. The lowest BCUT2D eigenvalue weighted by molar-refractivity contribution is 0.141. The lowest BCUT2D eigenvalue weighted by atomic mass is 10.5. The highest BCUT2D eigenvalue weighted by Crippen LogP contribution is 2.49. The summed E-state index contributed by atoms with van der Waals surface area (Å²) >= 11 is 20.6. The van der Waals surface area contributed by atoms with Gasteiger partial charge in [-0.2, -0.15) is 0 Å². The molecule has 0 aliphatic heterocycles. The lowest BCUT2D eigenvalue weighted by Gasteiger charge is -2.26. The molecular weight excluding hydrogens is 666 g/mol. The van der Waals surface area contributed by atoms with Crippen molar-refractivity contribution >= 4 is 104 Å². The second kappa shape index (κ2) is 11.7. The van der Waals surface area contributed by atoms with E-state index in [1.165, 1.54) is 0 Å². The average molecular weight is 682 g/mol. The molecule has 19 heavy (non-hydrogen) atoms. The molecule has 0 amide bonds. The molecule has 0 saturated heterocycles. The van der Waals surface area contributed by atoms with Crippen LogP contribution in [0, 0.1) is 0 Å². The molecule has 0 spiro atoms. The van der Waals surface area contributed by atoms with E-state index in [1.54, 1.807) is 0 Å². The highest BCUT2D eigenvalue weighted by molar-refractivity contribution is 9.13. The third-order valence-electron chi connectivity index (χ3n) is 1.64. The second-order valence-electron chi connectivity index (χ2n) is 3.63. The van der Waals surface area contributed by atoms with E-state index in [0.29, 0.717) is 0 Å². The van der Waals surface area contributed by atoms with Crippen molar-refractivity contribution in [1.82, 2.24) is 0 Å². The normalized spacial score (nSPS) is 23.2. The maximum absolute atomic E-state index is 5.74. The van der Waals surface area contributed by atoms with E-state index in [-0.39, 0.29) is 29.5 Å². The zero-order valence-electron chi connectivity index (χ0n) is 10.4. The Labute approximate surface area is 166 Å². The van der Waals surface area contributed by atoms with E-state index in [4.69, 9.17) is 13.6 Å². The van der Waals surface area contributed by atoms with Crippen LogP contribution in [-0.4, -0.2) is 29.5 Å². The molecule has 3 nitrogen and oxygen atoms in total. The molecule has 0 aromatic heterocycles.